The predicted octanol–water partition coefficient (Wildman–Crippen LogP) is 6.22. The molecule has 0 radical (unpaired) electrons. The lowest BCUT2D eigenvalue weighted by molar-refractivity contribution is -0.384. The first-order valence-corrected chi connectivity index (χ1v) is 9.52. The molecule has 0 N–H and O–H groups in total. The summed E-state index contributed by atoms with van der Waals surface area (Å²) in [5, 5.41) is 22.9. The number of aryl methyl sites for hydroxylation is 1. The molecule has 0 amide bonds. The average Bonchev–Trinajstić information content (AvgIpc) is 3.04. The van der Waals surface area contributed by atoms with Gasteiger partial charge in [-0.15, -0.1) is 0 Å². The molecule has 4 aromatic rings. The zero-order valence-electron chi connectivity index (χ0n) is 16.7. The van der Waals surface area contributed by atoms with Crippen LogP contribution in [0.2, 0.25) is 0 Å². The Labute approximate surface area is 174 Å². The Kier molecular flexibility index (Phi) is 4.91. The number of hydrogen-bond acceptors (Lipinski definition) is 3. The van der Waals surface area contributed by atoms with E-state index in [1.165, 1.54) is 22.9 Å². The van der Waals surface area contributed by atoms with Crippen LogP contribution in [0.25, 0.3) is 28.1 Å². The second-order valence-electron chi connectivity index (χ2n) is 7.17. The van der Waals surface area contributed by atoms with Crippen LogP contribution in [0.15, 0.2) is 72.8 Å². The summed E-state index contributed by atoms with van der Waals surface area (Å²) in [6.45, 7) is 4.07. The van der Waals surface area contributed by atoms with Crippen LogP contribution in [0, 0.1) is 35.3 Å². The maximum atomic E-state index is 10.9. The molecule has 0 bridgehead atoms. The van der Waals surface area contributed by atoms with Gasteiger partial charge in [0.05, 0.1) is 16.6 Å². The summed E-state index contributed by atoms with van der Waals surface area (Å²) in [6, 6.07) is 24.9. The fourth-order valence-corrected chi connectivity index (χ4v) is 3.75. The lowest BCUT2D eigenvalue weighted by atomic mass is 10.0. The molecule has 0 unspecified atom stereocenters. The van der Waals surface area contributed by atoms with Crippen molar-refractivity contribution >= 4 is 28.1 Å². The summed E-state index contributed by atoms with van der Waals surface area (Å²) < 4.78 is 2.17. The number of nitro groups is 1. The van der Waals surface area contributed by atoms with E-state index in [9.17, 15) is 15.4 Å². The van der Waals surface area contributed by atoms with Gasteiger partial charge in [-0.25, -0.2) is 0 Å². The number of benzene rings is 3. The van der Waals surface area contributed by atoms with Gasteiger partial charge < -0.3 is 4.57 Å². The predicted molar refractivity (Wildman–Crippen MR) is 119 cm³/mol. The molecular weight excluding hydrogens is 374 g/mol. The van der Waals surface area contributed by atoms with E-state index in [1.807, 2.05) is 38.1 Å². The second kappa shape index (κ2) is 7.69. The van der Waals surface area contributed by atoms with E-state index in [0.29, 0.717) is 11.1 Å². The number of aromatic nitrogens is 1. The Bertz CT molecular complexity index is 1340. The van der Waals surface area contributed by atoms with Crippen molar-refractivity contribution in [3.63, 3.8) is 0 Å². The third-order valence-corrected chi connectivity index (χ3v) is 5.27. The van der Waals surface area contributed by atoms with Crippen molar-refractivity contribution in [3.05, 3.63) is 105 Å². The van der Waals surface area contributed by atoms with Crippen LogP contribution in [0.5, 0.6) is 0 Å². The highest BCUT2D eigenvalue weighted by molar-refractivity contribution is 5.90. The van der Waals surface area contributed by atoms with Crippen LogP contribution >= 0.6 is 0 Å². The first kappa shape index (κ1) is 19.2. The quantitative estimate of drug-likeness (QED) is 0.235. The van der Waals surface area contributed by atoms with Gasteiger partial charge in [0.1, 0.15) is 0 Å². The van der Waals surface area contributed by atoms with E-state index in [-0.39, 0.29) is 5.69 Å². The molecule has 5 nitrogen and oxygen atoms in total. The molecule has 0 atom stereocenters. The Balaban J connectivity index is 1.76. The minimum Gasteiger partial charge on any atom is -0.318 e. The number of non-ortho nitro benzene ring substituents is 1. The maximum Gasteiger partial charge on any atom is 0.269 e. The molecule has 146 valence electrons. The third-order valence-electron chi connectivity index (χ3n) is 5.27. The minimum absolute atomic E-state index is 0.00511. The second-order valence-corrected chi connectivity index (χ2v) is 7.17. The van der Waals surface area contributed by atoms with Gasteiger partial charge in [0, 0.05) is 29.2 Å². The normalized spacial score (nSPS) is 11.4. The molecule has 30 heavy (non-hydrogen) atoms. The first-order valence-electron chi connectivity index (χ1n) is 9.52. The molecule has 0 aliphatic carbocycles. The smallest absolute Gasteiger partial charge is 0.269 e. The average molecular weight is 393 g/mol. The van der Waals surface area contributed by atoms with Crippen molar-refractivity contribution in [3.8, 4) is 11.8 Å². The van der Waals surface area contributed by atoms with Gasteiger partial charge in [-0.2, -0.15) is 5.26 Å². The van der Waals surface area contributed by atoms with Crippen LogP contribution in [0.1, 0.15) is 22.5 Å². The molecule has 5 heteroatoms. The van der Waals surface area contributed by atoms with Crippen molar-refractivity contribution in [1.82, 2.24) is 4.57 Å². The van der Waals surface area contributed by atoms with Gasteiger partial charge in [-0.05, 0) is 72.2 Å². The summed E-state index contributed by atoms with van der Waals surface area (Å²) in [5.74, 6) is 0. The Morgan fingerprint density at radius 1 is 1.00 bits per heavy atom. The van der Waals surface area contributed by atoms with E-state index < -0.39 is 4.92 Å². The number of rotatable bonds is 4. The summed E-state index contributed by atoms with van der Waals surface area (Å²) in [4.78, 5) is 10.4. The van der Waals surface area contributed by atoms with Gasteiger partial charge in [-0.3, -0.25) is 10.1 Å². The molecule has 0 aliphatic rings. The van der Waals surface area contributed by atoms with Crippen molar-refractivity contribution < 1.29 is 4.92 Å². The molecule has 0 saturated heterocycles. The largest absolute Gasteiger partial charge is 0.318 e. The minimum atomic E-state index is -0.448. The monoisotopic (exact) mass is 393 g/mol. The molecule has 0 spiro atoms. The van der Waals surface area contributed by atoms with Crippen molar-refractivity contribution in [1.29, 1.82) is 5.26 Å². The van der Waals surface area contributed by atoms with Gasteiger partial charge >= 0.3 is 0 Å². The number of nitriles is 1. The summed E-state index contributed by atoms with van der Waals surface area (Å²) in [6.07, 6.45) is 1.83. The third kappa shape index (κ3) is 3.47. The van der Waals surface area contributed by atoms with E-state index in [2.05, 4.69) is 41.0 Å². The fraction of sp³-hybridized carbons (Fsp3) is 0.0800. The zero-order chi connectivity index (χ0) is 21.3. The van der Waals surface area contributed by atoms with Crippen molar-refractivity contribution in [2.75, 3.05) is 0 Å². The van der Waals surface area contributed by atoms with Gasteiger partial charge in [0.25, 0.3) is 5.69 Å². The highest BCUT2D eigenvalue weighted by Gasteiger charge is 2.12. The van der Waals surface area contributed by atoms with Crippen LogP contribution in [0.4, 0.5) is 5.69 Å². The molecule has 1 heterocycles. The maximum absolute atomic E-state index is 10.9. The van der Waals surface area contributed by atoms with Crippen LogP contribution in [-0.2, 0) is 0 Å². The zero-order valence-corrected chi connectivity index (χ0v) is 16.7. The van der Waals surface area contributed by atoms with E-state index >= 15 is 0 Å². The number of nitro benzene ring substituents is 1. The Morgan fingerprint density at radius 3 is 2.37 bits per heavy atom. The van der Waals surface area contributed by atoms with Gasteiger partial charge in [-0.1, -0.05) is 30.3 Å². The number of fused-ring (bicyclic) bond motifs is 1. The molecule has 4 rings (SSSR count). The molecule has 0 fully saturated rings. The van der Waals surface area contributed by atoms with Crippen LogP contribution in [-0.4, -0.2) is 9.49 Å². The number of nitrogens with zero attached hydrogens (tertiary/aromatic N) is 3. The molecule has 0 aliphatic heterocycles. The number of hydrogen-bond donors (Lipinski definition) is 0. The van der Waals surface area contributed by atoms with E-state index in [4.69, 9.17) is 0 Å². The van der Waals surface area contributed by atoms with E-state index in [1.54, 1.807) is 12.1 Å². The van der Waals surface area contributed by atoms with E-state index in [0.717, 1.165) is 22.6 Å². The highest BCUT2D eigenvalue weighted by Crippen LogP contribution is 2.27. The summed E-state index contributed by atoms with van der Waals surface area (Å²) >= 11 is 0. The molecular formula is C25H19N3O2. The fourth-order valence-electron chi connectivity index (χ4n) is 3.75. The van der Waals surface area contributed by atoms with Crippen LogP contribution in [0.3, 0.4) is 0 Å². The highest BCUT2D eigenvalue weighted by atomic mass is 16.6. The number of allylic oxidation sites excluding steroid dienone is 1. The van der Waals surface area contributed by atoms with Gasteiger partial charge in [0.2, 0.25) is 0 Å². The first-order chi connectivity index (χ1) is 14.5. The summed E-state index contributed by atoms with van der Waals surface area (Å²) in [7, 11) is 0. The standard InChI is InChI=1S/C25H19N3O2/c1-17-13-22(14-23(16-26)20-7-10-24(11-8-20)28(29)30)18(2)27(17)25-12-9-19-5-3-4-6-21(19)15-25/h3-15H,1-2H3/b23-14-. The van der Waals surface area contributed by atoms with Crippen molar-refractivity contribution in [2.45, 2.75) is 13.8 Å². The molecule has 1 aromatic heterocycles. The Hall–Kier alpha value is -4.17. The lowest BCUT2D eigenvalue weighted by Crippen LogP contribution is -1.99. The van der Waals surface area contributed by atoms with Crippen molar-refractivity contribution in [2.24, 2.45) is 0 Å². The molecule has 0 saturated carbocycles. The lowest BCUT2D eigenvalue weighted by Gasteiger charge is -2.11. The van der Waals surface area contributed by atoms with Crippen LogP contribution < -0.4 is 0 Å². The molecule has 3 aromatic carbocycles. The Morgan fingerprint density at radius 2 is 1.70 bits per heavy atom. The SMILES string of the molecule is Cc1cc(/C=C(/C#N)c2ccc([N+](=O)[O-])cc2)c(C)n1-c1ccc2ccccc2c1. The summed E-state index contributed by atoms with van der Waals surface area (Å²) in [5.41, 5.74) is 5.22. The topological polar surface area (TPSA) is 71.9 Å². The van der Waals surface area contributed by atoms with Gasteiger partial charge in [0.15, 0.2) is 0 Å².